The van der Waals surface area contributed by atoms with Crippen LogP contribution in [0.25, 0.3) is 75.5 Å². The van der Waals surface area contributed by atoms with Crippen LogP contribution < -0.4 is 4.90 Å². The molecule has 0 saturated heterocycles. The highest BCUT2D eigenvalue weighted by molar-refractivity contribution is 7.25. The minimum absolute atomic E-state index is 0.470. The molecule has 2 nitrogen and oxygen atoms in total. The molecule has 1 aliphatic carbocycles. The average molecular weight is 834 g/mol. The van der Waals surface area contributed by atoms with Crippen molar-refractivity contribution in [1.82, 2.24) is 0 Å². The summed E-state index contributed by atoms with van der Waals surface area (Å²) < 4.78 is 8.93. The molecule has 0 fully saturated rings. The van der Waals surface area contributed by atoms with Crippen LogP contribution in [0.2, 0.25) is 0 Å². The van der Waals surface area contributed by atoms with E-state index in [1.165, 1.54) is 64.7 Å². The van der Waals surface area contributed by atoms with Crippen LogP contribution in [0.15, 0.2) is 241 Å². The fraction of sp³-hybridized carbons (Fsp3) is 0.0164. The number of benzene rings is 10. The fourth-order valence-corrected chi connectivity index (χ4v) is 11.6. The molecule has 0 radical (unpaired) electrons. The van der Waals surface area contributed by atoms with E-state index in [9.17, 15) is 0 Å². The van der Waals surface area contributed by atoms with Crippen molar-refractivity contribution in [2.45, 2.75) is 5.41 Å². The number of anilines is 3. The highest BCUT2D eigenvalue weighted by Crippen LogP contribution is 2.57. The van der Waals surface area contributed by atoms with Gasteiger partial charge in [-0.2, -0.15) is 0 Å². The summed E-state index contributed by atoms with van der Waals surface area (Å²) >= 11 is 1.86. The van der Waals surface area contributed by atoms with E-state index in [4.69, 9.17) is 4.42 Å². The maximum absolute atomic E-state index is 6.30. The number of para-hydroxylation sites is 1. The van der Waals surface area contributed by atoms with Crippen LogP contribution >= 0.6 is 11.3 Å². The van der Waals surface area contributed by atoms with E-state index < -0.39 is 5.41 Å². The summed E-state index contributed by atoms with van der Waals surface area (Å²) in [4.78, 5) is 2.42. The van der Waals surface area contributed by atoms with Gasteiger partial charge in [-0.1, -0.05) is 170 Å². The van der Waals surface area contributed by atoms with Gasteiger partial charge in [0, 0.05) is 48.0 Å². The normalized spacial score (nSPS) is 12.8. The third-order valence-electron chi connectivity index (χ3n) is 13.4. The lowest BCUT2D eigenvalue weighted by Crippen LogP contribution is -2.28. The van der Waals surface area contributed by atoms with Gasteiger partial charge in [-0.25, -0.2) is 0 Å². The van der Waals surface area contributed by atoms with Gasteiger partial charge in [0.1, 0.15) is 11.2 Å². The number of hydrogen-bond acceptors (Lipinski definition) is 3. The zero-order valence-corrected chi connectivity index (χ0v) is 35.6. The number of hydrogen-bond donors (Lipinski definition) is 0. The van der Waals surface area contributed by atoms with Crippen LogP contribution in [-0.4, -0.2) is 0 Å². The first-order valence-electron chi connectivity index (χ1n) is 21.9. The van der Waals surface area contributed by atoms with Crippen molar-refractivity contribution in [2.24, 2.45) is 0 Å². The molecule has 0 spiro atoms. The van der Waals surface area contributed by atoms with Gasteiger partial charge in [-0.15, -0.1) is 11.3 Å². The summed E-state index contributed by atoms with van der Waals surface area (Å²) in [5.74, 6) is 0. The van der Waals surface area contributed by atoms with Crippen molar-refractivity contribution in [3.8, 4) is 33.4 Å². The lowest BCUT2D eigenvalue weighted by atomic mass is 9.68. The Bertz CT molecular complexity index is 3690. The highest BCUT2D eigenvalue weighted by atomic mass is 32.1. The molecule has 10 aromatic carbocycles. The molecular weight excluding hydrogens is 795 g/mol. The van der Waals surface area contributed by atoms with Crippen molar-refractivity contribution in [2.75, 3.05) is 4.90 Å². The summed E-state index contributed by atoms with van der Waals surface area (Å²) in [6, 6.07) is 86.6. The summed E-state index contributed by atoms with van der Waals surface area (Å²) in [5.41, 5.74) is 16.9. The molecule has 2 aromatic heterocycles. The number of fused-ring (bicyclic) bond motifs is 9. The first kappa shape index (κ1) is 36.7. The Morgan fingerprint density at radius 1 is 0.344 bits per heavy atom. The van der Waals surface area contributed by atoms with Crippen LogP contribution in [0, 0.1) is 0 Å². The predicted molar refractivity (Wildman–Crippen MR) is 269 cm³/mol. The number of thiophene rings is 1. The van der Waals surface area contributed by atoms with Gasteiger partial charge in [0.25, 0.3) is 0 Å². The minimum Gasteiger partial charge on any atom is -0.456 e. The molecule has 12 aromatic rings. The molecule has 0 N–H and O–H groups in total. The van der Waals surface area contributed by atoms with E-state index in [-0.39, 0.29) is 0 Å². The Hall–Kier alpha value is -7.98. The summed E-state index contributed by atoms with van der Waals surface area (Å²) in [6.07, 6.45) is 0. The molecule has 0 amide bonds. The lowest BCUT2D eigenvalue weighted by Gasteiger charge is -2.34. The predicted octanol–water partition coefficient (Wildman–Crippen LogP) is 17.1. The van der Waals surface area contributed by atoms with Gasteiger partial charge < -0.3 is 9.32 Å². The second-order valence-electron chi connectivity index (χ2n) is 16.8. The van der Waals surface area contributed by atoms with Gasteiger partial charge in [-0.05, 0) is 122 Å². The van der Waals surface area contributed by atoms with E-state index >= 15 is 0 Å². The Labute approximate surface area is 375 Å². The molecule has 0 unspecified atom stereocenters. The summed E-state index contributed by atoms with van der Waals surface area (Å²) in [5, 5.41) is 4.88. The Balaban J connectivity index is 1.000. The largest absolute Gasteiger partial charge is 0.456 e. The third-order valence-corrected chi connectivity index (χ3v) is 14.5. The summed E-state index contributed by atoms with van der Waals surface area (Å²) in [6.45, 7) is 0. The molecule has 64 heavy (non-hydrogen) atoms. The first-order chi connectivity index (χ1) is 31.7. The average Bonchev–Trinajstić information content (AvgIpc) is 4.03. The van der Waals surface area contributed by atoms with Gasteiger partial charge >= 0.3 is 0 Å². The van der Waals surface area contributed by atoms with Crippen LogP contribution in [0.4, 0.5) is 17.1 Å². The first-order valence-corrected chi connectivity index (χ1v) is 22.7. The molecule has 0 aliphatic heterocycles. The maximum atomic E-state index is 6.30. The quantitative estimate of drug-likeness (QED) is 0.159. The van der Waals surface area contributed by atoms with Gasteiger partial charge in [-0.3, -0.25) is 0 Å². The smallest absolute Gasteiger partial charge is 0.136 e. The molecule has 3 heteroatoms. The SMILES string of the molecule is c1ccc(C2(c3ccccc3)c3ccccc3-c3cc(N(c4ccc(-c5cccc6oc7ccccc7c56)cc4)c4cccc(-c5ccc6sc7ccccc7c6c5)c4)ccc32)cc1. The fourth-order valence-electron chi connectivity index (χ4n) is 10.6. The lowest BCUT2D eigenvalue weighted by molar-refractivity contribution is 0.669. The summed E-state index contributed by atoms with van der Waals surface area (Å²) in [7, 11) is 0. The number of nitrogens with zero attached hydrogens (tertiary/aromatic N) is 1. The van der Waals surface area contributed by atoms with Crippen molar-refractivity contribution in [1.29, 1.82) is 0 Å². The second kappa shape index (κ2) is 14.6. The van der Waals surface area contributed by atoms with Gasteiger partial charge in [0.05, 0.1) is 5.41 Å². The van der Waals surface area contributed by atoms with Crippen molar-refractivity contribution in [3.05, 3.63) is 259 Å². The number of furan rings is 1. The van der Waals surface area contributed by atoms with Crippen molar-refractivity contribution < 1.29 is 4.42 Å². The standard InChI is InChI=1S/C61H39NOS/c1-3-16-43(17-4-1)61(44-18-5-2-6-19-44)54-25-10-7-21-49(54)52-39-47(34-35-55(52)61)62(45-32-29-40(30-33-45)48-24-14-27-57-60(48)51-23-8-11-26-56(51)63-57)46-20-13-15-41(37-46)42-31-36-59-53(38-42)50-22-9-12-28-58(50)64-59/h1-39H. The molecule has 13 rings (SSSR count). The second-order valence-corrected chi connectivity index (χ2v) is 17.9. The van der Waals surface area contributed by atoms with E-state index in [0.717, 1.165) is 50.1 Å². The Kier molecular flexibility index (Phi) is 8.34. The Morgan fingerprint density at radius 2 is 0.938 bits per heavy atom. The maximum Gasteiger partial charge on any atom is 0.136 e. The Morgan fingerprint density at radius 3 is 1.77 bits per heavy atom. The molecule has 0 saturated carbocycles. The monoisotopic (exact) mass is 833 g/mol. The van der Waals surface area contributed by atoms with Crippen LogP contribution in [0.1, 0.15) is 22.3 Å². The van der Waals surface area contributed by atoms with E-state index in [1.807, 2.05) is 23.5 Å². The van der Waals surface area contributed by atoms with Crippen LogP contribution in [0.5, 0.6) is 0 Å². The molecule has 2 heterocycles. The molecule has 300 valence electrons. The molecular formula is C61H39NOS. The molecule has 0 atom stereocenters. The molecule has 0 bridgehead atoms. The van der Waals surface area contributed by atoms with Crippen LogP contribution in [0.3, 0.4) is 0 Å². The van der Waals surface area contributed by atoms with E-state index in [0.29, 0.717) is 0 Å². The zero-order chi connectivity index (χ0) is 42.2. The van der Waals surface area contributed by atoms with Crippen molar-refractivity contribution >= 4 is 70.5 Å². The van der Waals surface area contributed by atoms with Gasteiger partial charge in [0.2, 0.25) is 0 Å². The van der Waals surface area contributed by atoms with E-state index in [1.54, 1.807) is 0 Å². The van der Waals surface area contributed by atoms with Crippen LogP contribution in [-0.2, 0) is 5.41 Å². The topological polar surface area (TPSA) is 16.4 Å². The number of rotatable bonds is 7. The molecule has 1 aliphatic rings. The highest BCUT2D eigenvalue weighted by Gasteiger charge is 2.46. The van der Waals surface area contributed by atoms with Crippen molar-refractivity contribution in [3.63, 3.8) is 0 Å². The third kappa shape index (κ3) is 5.58. The zero-order valence-electron chi connectivity index (χ0n) is 34.8. The van der Waals surface area contributed by atoms with Gasteiger partial charge in [0.15, 0.2) is 0 Å². The minimum atomic E-state index is -0.470. The van der Waals surface area contributed by atoms with E-state index in [2.05, 4.69) is 229 Å².